The number of urea groups is 1. The lowest BCUT2D eigenvalue weighted by molar-refractivity contribution is -0.119. The van der Waals surface area contributed by atoms with E-state index in [-0.39, 0.29) is 17.8 Å². The molecule has 1 saturated heterocycles. The first-order chi connectivity index (χ1) is 12.6. The van der Waals surface area contributed by atoms with E-state index in [1.165, 1.54) is 29.2 Å². The van der Waals surface area contributed by atoms with Crippen molar-refractivity contribution in [2.24, 2.45) is 0 Å². The number of anilines is 2. The van der Waals surface area contributed by atoms with Gasteiger partial charge in [-0.15, -0.1) is 0 Å². The summed E-state index contributed by atoms with van der Waals surface area (Å²) in [5.74, 6) is -0.0205. The predicted octanol–water partition coefficient (Wildman–Crippen LogP) is 3.47. The molecule has 1 atom stereocenters. The maximum Gasteiger partial charge on any atom is 0.322 e. The Morgan fingerprint density at radius 2 is 1.88 bits per heavy atom. The van der Waals surface area contributed by atoms with Crippen LogP contribution in [0.5, 0.6) is 5.75 Å². The summed E-state index contributed by atoms with van der Waals surface area (Å²) in [4.78, 5) is 26.6. The van der Waals surface area contributed by atoms with E-state index in [0.717, 1.165) is 6.42 Å². The summed E-state index contributed by atoms with van der Waals surface area (Å²) >= 11 is 0. The normalized spacial score (nSPS) is 16.2. The lowest BCUT2D eigenvalue weighted by Gasteiger charge is -2.24. The molecule has 0 radical (unpaired) electrons. The van der Waals surface area contributed by atoms with Gasteiger partial charge in [0.05, 0.1) is 7.11 Å². The van der Waals surface area contributed by atoms with Gasteiger partial charge in [-0.3, -0.25) is 4.79 Å². The smallest absolute Gasteiger partial charge is 0.322 e. The standard InChI is InChI=1S/C19H20FN3O3/c1-26-16-5-2-4-15(12-16)22-19(25)23-11-3-6-17(23)18(24)21-14-9-7-13(20)8-10-14/h2,4-5,7-10,12,17H,3,6,11H2,1H3,(H,21,24)(H,22,25)/t17-/m1/s1. The number of benzene rings is 2. The molecular weight excluding hydrogens is 337 g/mol. The molecule has 0 bridgehead atoms. The Kier molecular flexibility index (Phi) is 5.36. The Labute approximate surface area is 150 Å². The fourth-order valence-electron chi connectivity index (χ4n) is 2.94. The Bertz CT molecular complexity index is 795. The zero-order chi connectivity index (χ0) is 18.5. The number of rotatable bonds is 4. The lowest BCUT2D eigenvalue weighted by atomic mass is 10.2. The van der Waals surface area contributed by atoms with Gasteiger partial charge in [-0.05, 0) is 49.2 Å². The number of halogens is 1. The maximum absolute atomic E-state index is 13.0. The average Bonchev–Trinajstić information content (AvgIpc) is 3.14. The van der Waals surface area contributed by atoms with Crippen molar-refractivity contribution in [3.05, 3.63) is 54.3 Å². The second-order valence-corrected chi connectivity index (χ2v) is 6.01. The van der Waals surface area contributed by atoms with Crippen LogP contribution >= 0.6 is 0 Å². The van der Waals surface area contributed by atoms with Crippen LogP contribution in [-0.2, 0) is 4.79 Å². The third-order valence-corrected chi connectivity index (χ3v) is 4.25. The Balaban J connectivity index is 1.65. The number of carbonyl (C=O) groups excluding carboxylic acids is 2. The second kappa shape index (κ2) is 7.86. The van der Waals surface area contributed by atoms with Crippen LogP contribution < -0.4 is 15.4 Å². The quantitative estimate of drug-likeness (QED) is 0.880. The Morgan fingerprint density at radius 1 is 1.12 bits per heavy atom. The van der Waals surface area contributed by atoms with Gasteiger partial charge in [-0.2, -0.15) is 0 Å². The van der Waals surface area contributed by atoms with Gasteiger partial charge in [-0.1, -0.05) is 6.07 Å². The van der Waals surface area contributed by atoms with E-state index in [0.29, 0.717) is 30.1 Å². The number of likely N-dealkylation sites (tertiary alicyclic amines) is 1. The van der Waals surface area contributed by atoms with E-state index in [1.54, 1.807) is 31.4 Å². The first-order valence-electron chi connectivity index (χ1n) is 8.35. The average molecular weight is 357 g/mol. The molecule has 0 aliphatic carbocycles. The van der Waals surface area contributed by atoms with Crippen molar-refractivity contribution in [3.63, 3.8) is 0 Å². The van der Waals surface area contributed by atoms with E-state index in [1.807, 2.05) is 0 Å². The molecule has 2 N–H and O–H groups in total. The molecule has 6 nitrogen and oxygen atoms in total. The zero-order valence-corrected chi connectivity index (χ0v) is 14.4. The highest BCUT2D eigenvalue weighted by Crippen LogP contribution is 2.22. The van der Waals surface area contributed by atoms with Crippen molar-refractivity contribution in [2.45, 2.75) is 18.9 Å². The number of amides is 3. The number of carbonyl (C=O) groups is 2. The van der Waals surface area contributed by atoms with Gasteiger partial charge in [0.25, 0.3) is 0 Å². The maximum atomic E-state index is 13.0. The molecule has 7 heteroatoms. The molecule has 3 amide bonds. The third-order valence-electron chi connectivity index (χ3n) is 4.25. The number of hydrogen-bond donors (Lipinski definition) is 2. The van der Waals surface area contributed by atoms with Crippen molar-refractivity contribution < 1.29 is 18.7 Å². The highest BCUT2D eigenvalue weighted by Gasteiger charge is 2.34. The van der Waals surface area contributed by atoms with Gasteiger partial charge < -0.3 is 20.3 Å². The first-order valence-corrected chi connectivity index (χ1v) is 8.35. The van der Waals surface area contributed by atoms with E-state index >= 15 is 0 Å². The number of nitrogens with zero attached hydrogens (tertiary/aromatic N) is 1. The van der Waals surface area contributed by atoms with Crippen LogP contribution in [0.3, 0.4) is 0 Å². The van der Waals surface area contributed by atoms with Gasteiger partial charge in [0.15, 0.2) is 0 Å². The van der Waals surface area contributed by atoms with Crippen molar-refractivity contribution in [3.8, 4) is 5.75 Å². The summed E-state index contributed by atoms with van der Waals surface area (Å²) in [6.07, 6.45) is 1.32. The van der Waals surface area contributed by atoms with Crippen LogP contribution in [0, 0.1) is 5.82 Å². The monoisotopic (exact) mass is 357 g/mol. The lowest BCUT2D eigenvalue weighted by Crippen LogP contribution is -2.45. The highest BCUT2D eigenvalue weighted by atomic mass is 19.1. The third kappa shape index (κ3) is 4.11. The van der Waals surface area contributed by atoms with Gasteiger partial charge in [0, 0.05) is 24.0 Å². The fourth-order valence-corrected chi connectivity index (χ4v) is 2.94. The summed E-state index contributed by atoms with van der Waals surface area (Å²) < 4.78 is 18.1. The first kappa shape index (κ1) is 17.7. The van der Waals surface area contributed by atoms with Crippen LogP contribution in [0.15, 0.2) is 48.5 Å². The molecule has 1 aliphatic heterocycles. The predicted molar refractivity (Wildman–Crippen MR) is 96.8 cm³/mol. The molecule has 0 aromatic heterocycles. The molecule has 1 heterocycles. The van der Waals surface area contributed by atoms with Gasteiger partial charge in [-0.25, -0.2) is 9.18 Å². The number of hydrogen-bond acceptors (Lipinski definition) is 3. The van der Waals surface area contributed by atoms with Crippen LogP contribution in [0.4, 0.5) is 20.6 Å². The fraction of sp³-hybridized carbons (Fsp3) is 0.263. The topological polar surface area (TPSA) is 70.7 Å². The van der Waals surface area contributed by atoms with E-state index in [2.05, 4.69) is 10.6 Å². The van der Waals surface area contributed by atoms with E-state index in [4.69, 9.17) is 4.74 Å². The summed E-state index contributed by atoms with van der Waals surface area (Å²) in [7, 11) is 1.55. The summed E-state index contributed by atoms with van der Waals surface area (Å²) in [6.45, 7) is 0.497. The van der Waals surface area contributed by atoms with Crippen molar-refractivity contribution in [1.29, 1.82) is 0 Å². The van der Waals surface area contributed by atoms with Crippen molar-refractivity contribution in [2.75, 3.05) is 24.3 Å². The summed E-state index contributed by atoms with van der Waals surface area (Å²) in [5.41, 5.74) is 1.09. The molecule has 1 aliphatic rings. The minimum atomic E-state index is -0.564. The molecule has 2 aromatic carbocycles. The van der Waals surface area contributed by atoms with E-state index < -0.39 is 6.04 Å². The SMILES string of the molecule is COc1cccc(NC(=O)N2CCC[C@@H]2C(=O)Nc2ccc(F)cc2)c1. The minimum absolute atomic E-state index is 0.282. The van der Waals surface area contributed by atoms with Crippen LogP contribution in [0.2, 0.25) is 0 Å². The molecule has 26 heavy (non-hydrogen) atoms. The van der Waals surface area contributed by atoms with Crippen LogP contribution in [-0.4, -0.2) is 36.5 Å². The van der Waals surface area contributed by atoms with Gasteiger partial charge in [0.2, 0.25) is 5.91 Å². The molecule has 2 aromatic rings. The highest BCUT2D eigenvalue weighted by molar-refractivity contribution is 5.99. The van der Waals surface area contributed by atoms with Crippen molar-refractivity contribution >= 4 is 23.3 Å². The number of nitrogens with one attached hydrogen (secondary N) is 2. The minimum Gasteiger partial charge on any atom is -0.497 e. The zero-order valence-electron chi connectivity index (χ0n) is 14.4. The van der Waals surface area contributed by atoms with Gasteiger partial charge in [0.1, 0.15) is 17.6 Å². The Hall–Kier alpha value is -3.09. The number of methoxy groups -OCH3 is 1. The molecule has 0 unspecified atom stereocenters. The molecular formula is C19H20FN3O3. The summed E-state index contributed by atoms with van der Waals surface area (Å²) in [6, 6.07) is 11.6. The molecule has 0 spiro atoms. The van der Waals surface area contributed by atoms with Crippen molar-refractivity contribution in [1.82, 2.24) is 4.90 Å². The summed E-state index contributed by atoms with van der Waals surface area (Å²) in [5, 5.41) is 5.52. The molecule has 3 rings (SSSR count). The molecule has 1 fully saturated rings. The number of ether oxygens (including phenoxy) is 1. The van der Waals surface area contributed by atoms with Crippen LogP contribution in [0.25, 0.3) is 0 Å². The van der Waals surface area contributed by atoms with Crippen LogP contribution in [0.1, 0.15) is 12.8 Å². The van der Waals surface area contributed by atoms with Gasteiger partial charge >= 0.3 is 6.03 Å². The molecule has 136 valence electrons. The van der Waals surface area contributed by atoms with E-state index in [9.17, 15) is 14.0 Å². The Morgan fingerprint density at radius 3 is 2.62 bits per heavy atom. The second-order valence-electron chi connectivity index (χ2n) is 6.01. The largest absolute Gasteiger partial charge is 0.497 e. The molecule has 0 saturated carbocycles.